The maximum Gasteiger partial charge on any atom is 0.163 e. The number of aryl methyl sites for hydroxylation is 1. The van der Waals surface area contributed by atoms with Crippen molar-refractivity contribution in [3.05, 3.63) is 29.0 Å². The van der Waals surface area contributed by atoms with Crippen LogP contribution in [-0.2, 0) is 6.54 Å². The van der Waals surface area contributed by atoms with E-state index in [1.54, 1.807) is 6.33 Å². The third-order valence-corrected chi connectivity index (χ3v) is 2.93. The van der Waals surface area contributed by atoms with Gasteiger partial charge in [0.2, 0.25) is 0 Å². The summed E-state index contributed by atoms with van der Waals surface area (Å²) in [6.45, 7) is 2.90. The number of benzene rings is 1. The van der Waals surface area contributed by atoms with Gasteiger partial charge in [-0.3, -0.25) is 0 Å². The van der Waals surface area contributed by atoms with Crippen molar-refractivity contribution < 1.29 is 0 Å². The Morgan fingerprint density at radius 2 is 2.27 bits per heavy atom. The Labute approximate surface area is 96.3 Å². The van der Waals surface area contributed by atoms with E-state index < -0.39 is 0 Å². The van der Waals surface area contributed by atoms with E-state index in [4.69, 9.17) is 5.73 Å². The first-order valence-electron chi connectivity index (χ1n) is 4.65. The minimum absolute atomic E-state index is 0.707. The van der Waals surface area contributed by atoms with Crippen molar-refractivity contribution in [2.24, 2.45) is 0 Å². The number of halogens is 1. The molecule has 0 saturated carbocycles. The summed E-state index contributed by atoms with van der Waals surface area (Å²) in [7, 11) is 0. The second-order valence-electron chi connectivity index (χ2n) is 3.18. The molecular weight excluding hydrogens is 256 g/mol. The van der Waals surface area contributed by atoms with Crippen LogP contribution in [0.3, 0.4) is 0 Å². The van der Waals surface area contributed by atoms with Crippen LogP contribution in [0.15, 0.2) is 29.0 Å². The van der Waals surface area contributed by atoms with Gasteiger partial charge in [-0.05, 0) is 41.1 Å². The third kappa shape index (κ3) is 1.87. The Kier molecular flexibility index (Phi) is 2.73. The minimum Gasteiger partial charge on any atom is -0.398 e. The number of nitrogens with zero attached hydrogens (tertiary/aromatic N) is 3. The molecule has 0 bridgehead atoms. The first-order valence-corrected chi connectivity index (χ1v) is 5.45. The lowest BCUT2D eigenvalue weighted by molar-refractivity contribution is 0.767. The van der Waals surface area contributed by atoms with Gasteiger partial charge in [0, 0.05) is 22.3 Å². The van der Waals surface area contributed by atoms with Crippen molar-refractivity contribution in [3.8, 4) is 11.4 Å². The van der Waals surface area contributed by atoms with Crippen LogP contribution >= 0.6 is 15.9 Å². The molecule has 0 unspecified atom stereocenters. The maximum atomic E-state index is 5.81. The van der Waals surface area contributed by atoms with Crippen LogP contribution in [0.4, 0.5) is 5.69 Å². The number of rotatable bonds is 2. The molecule has 15 heavy (non-hydrogen) atoms. The minimum atomic E-state index is 0.707. The van der Waals surface area contributed by atoms with E-state index >= 15 is 0 Å². The van der Waals surface area contributed by atoms with Gasteiger partial charge in [0.1, 0.15) is 6.33 Å². The summed E-state index contributed by atoms with van der Waals surface area (Å²) in [4.78, 5) is 0. The van der Waals surface area contributed by atoms with E-state index in [0.717, 1.165) is 22.4 Å². The lowest BCUT2D eigenvalue weighted by Gasteiger charge is -2.05. The fourth-order valence-electron chi connectivity index (χ4n) is 1.39. The van der Waals surface area contributed by atoms with E-state index in [1.807, 2.05) is 22.8 Å². The molecule has 1 aromatic heterocycles. The Morgan fingerprint density at radius 3 is 2.93 bits per heavy atom. The average Bonchev–Trinajstić information content (AvgIpc) is 2.70. The molecular formula is C10H11BrN4. The van der Waals surface area contributed by atoms with Crippen molar-refractivity contribution in [3.63, 3.8) is 0 Å². The summed E-state index contributed by atoms with van der Waals surface area (Å²) >= 11 is 3.36. The summed E-state index contributed by atoms with van der Waals surface area (Å²) in [6.07, 6.45) is 1.72. The largest absolute Gasteiger partial charge is 0.398 e. The quantitative estimate of drug-likeness (QED) is 0.849. The number of hydrogen-bond acceptors (Lipinski definition) is 3. The smallest absolute Gasteiger partial charge is 0.163 e. The Morgan fingerprint density at radius 1 is 1.47 bits per heavy atom. The van der Waals surface area contributed by atoms with Crippen LogP contribution in [0, 0.1) is 0 Å². The highest BCUT2D eigenvalue weighted by Gasteiger charge is 2.07. The molecule has 4 nitrogen and oxygen atoms in total. The van der Waals surface area contributed by atoms with Gasteiger partial charge in [-0.1, -0.05) is 0 Å². The first kappa shape index (κ1) is 10.2. The summed E-state index contributed by atoms with van der Waals surface area (Å²) in [5, 5.41) is 7.95. The third-order valence-electron chi connectivity index (χ3n) is 2.21. The predicted molar refractivity (Wildman–Crippen MR) is 63.2 cm³/mol. The monoisotopic (exact) mass is 266 g/mol. The maximum absolute atomic E-state index is 5.81. The molecule has 0 radical (unpaired) electrons. The fourth-order valence-corrected chi connectivity index (χ4v) is 1.64. The van der Waals surface area contributed by atoms with Crippen molar-refractivity contribution in [1.82, 2.24) is 14.8 Å². The molecule has 78 valence electrons. The number of nitrogen functional groups attached to an aromatic ring is 1. The van der Waals surface area contributed by atoms with Crippen molar-refractivity contribution in [1.29, 1.82) is 0 Å². The van der Waals surface area contributed by atoms with Gasteiger partial charge < -0.3 is 10.3 Å². The van der Waals surface area contributed by atoms with Crippen molar-refractivity contribution >= 4 is 21.6 Å². The zero-order valence-corrected chi connectivity index (χ0v) is 9.90. The molecule has 0 atom stereocenters. The molecule has 0 saturated heterocycles. The number of hydrogen-bond donors (Lipinski definition) is 1. The van der Waals surface area contributed by atoms with Crippen molar-refractivity contribution in [2.45, 2.75) is 13.5 Å². The zero-order chi connectivity index (χ0) is 10.8. The molecule has 1 heterocycles. The highest BCUT2D eigenvalue weighted by Crippen LogP contribution is 2.25. The second-order valence-corrected chi connectivity index (χ2v) is 4.03. The lowest BCUT2D eigenvalue weighted by atomic mass is 10.2. The molecule has 5 heteroatoms. The van der Waals surface area contributed by atoms with Gasteiger partial charge >= 0.3 is 0 Å². The standard InChI is InChI=1S/C10H11BrN4/c1-2-15-6-13-14-10(15)7-3-4-8(11)9(12)5-7/h3-6H,2,12H2,1H3. The molecule has 0 spiro atoms. The van der Waals surface area contributed by atoms with Crippen LogP contribution in [0.1, 0.15) is 6.92 Å². The van der Waals surface area contributed by atoms with Crippen molar-refractivity contribution in [2.75, 3.05) is 5.73 Å². The predicted octanol–water partition coefficient (Wildman–Crippen LogP) is 2.31. The molecule has 0 amide bonds. The Bertz CT molecular complexity index is 478. The van der Waals surface area contributed by atoms with Gasteiger partial charge in [-0.15, -0.1) is 10.2 Å². The fraction of sp³-hybridized carbons (Fsp3) is 0.200. The topological polar surface area (TPSA) is 56.7 Å². The van der Waals surface area contributed by atoms with Crippen LogP contribution < -0.4 is 5.73 Å². The molecule has 2 rings (SSSR count). The Balaban J connectivity index is 2.50. The van der Waals surface area contributed by atoms with Crippen LogP contribution in [0.2, 0.25) is 0 Å². The number of aromatic nitrogens is 3. The second kappa shape index (κ2) is 4.02. The molecule has 0 aliphatic heterocycles. The van der Waals surface area contributed by atoms with Gasteiger partial charge in [0.25, 0.3) is 0 Å². The first-order chi connectivity index (χ1) is 7.22. The Hall–Kier alpha value is -1.36. The lowest BCUT2D eigenvalue weighted by Crippen LogP contribution is -1.97. The van der Waals surface area contributed by atoms with E-state index in [-0.39, 0.29) is 0 Å². The van der Waals surface area contributed by atoms with Gasteiger partial charge in [-0.2, -0.15) is 0 Å². The van der Waals surface area contributed by atoms with E-state index in [0.29, 0.717) is 5.69 Å². The molecule has 0 aliphatic rings. The van der Waals surface area contributed by atoms with E-state index in [1.165, 1.54) is 0 Å². The van der Waals surface area contributed by atoms with Crippen LogP contribution in [0.25, 0.3) is 11.4 Å². The normalized spacial score (nSPS) is 10.5. The highest BCUT2D eigenvalue weighted by molar-refractivity contribution is 9.10. The average molecular weight is 267 g/mol. The van der Waals surface area contributed by atoms with Gasteiger partial charge in [0.05, 0.1) is 0 Å². The van der Waals surface area contributed by atoms with Gasteiger partial charge in [0.15, 0.2) is 5.82 Å². The van der Waals surface area contributed by atoms with Crippen LogP contribution in [0.5, 0.6) is 0 Å². The number of nitrogens with two attached hydrogens (primary N) is 1. The van der Waals surface area contributed by atoms with Crippen LogP contribution in [-0.4, -0.2) is 14.8 Å². The molecule has 0 fully saturated rings. The summed E-state index contributed by atoms with van der Waals surface area (Å²) in [5.41, 5.74) is 7.50. The highest BCUT2D eigenvalue weighted by atomic mass is 79.9. The SMILES string of the molecule is CCn1cnnc1-c1ccc(Br)c(N)c1. The molecule has 2 aromatic rings. The molecule has 2 N–H and O–H groups in total. The summed E-state index contributed by atoms with van der Waals surface area (Å²) in [5.74, 6) is 0.844. The molecule has 1 aromatic carbocycles. The zero-order valence-electron chi connectivity index (χ0n) is 8.31. The summed E-state index contributed by atoms with van der Waals surface area (Å²) < 4.78 is 2.87. The summed E-state index contributed by atoms with van der Waals surface area (Å²) in [6, 6.07) is 5.77. The number of anilines is 1. The molecule has 0 aliphatic carbocycles. The van der Waals surface area contributed by atoms with E-state index in [9.17, 15) is 0 Å². The van der Waals surface area contributed by atoms with E-state index in [2.05, 4.69) is 33.1 Å². The van der Waals surface area contributed by atoms with Gasteiger partial charge in [-0.25, -0.2) is 0 Å².